The molecule has 2 aromatic rings. The summed E-state index contributed by atoms with van der Waals surface area (Å²) in [5.74, 6) is -6.24. The third-order valence-electron chi connectivity index (χ3n) is 4.86. The first-order valence-electron chi connectivity index (χ1n) is 11.0. The third-order valence-corrected chi connectivity index (χ3v) is 4.86. The third kappa shape index (κ3) is 10.7. The van der Waals surface area contributed by atoms with Gasteiger partial charge in [0.15, 0.2) is 5.65 Å². The van der Waals surface area contributed by atoms with Gasteiger partial charge in [0.1, 0.15) is 11.3 Å². The standard InChI is InChI=1S/C17H27N5O2.2C2H2O4/c1-2-24-13-11-22-16(19-15-4-3-5-18-17(15)22)14-21-8-6-20(7-9-21)10-12-23;2*3-1(4)2(5)6/h3-5,23H,2,6-14H2,1H3;2*(H,3,4)(H,5,6). The molecular weight excluding hydrogens is 482 g/mol. The fourth-order valence-corrected chi connectivity index (χ4v) is 3.17. The van der Waals surface area contributed by atoms with E-state index in [4.69, 9.17) is 54.4 Å². The molecular formula is C21H31N5O10. The van der Waals surface area contributed by atoms with Gasteiger partial charge in [0.2, 0.25) is 0 Å². The van der Waals surface area contributed by atoms with Crippen LogP contribution in [0.4, 0.5) is 0 Å². The Morgan fingerprint density at radius 3 is 1.97 bits per heavy atom. The van der Waals surface area contributed by atoms with Crippen molar-refractivity contribution in [1.82, 2.24) is 24.3 Å². The molecule has 36 heavy (non-hydrogen) atoms. The van der Waals surface area contributed by atoms with E-state index in [0.29, 0.717) is 6.61 Å². The lowest BCUT2D eigenvalue weighted by Gasteiger charge is -2.34. The van der Waals surface area contributed by atoms with Crippen molar-refractivity contribution in [1.29, 1.82) is 0 Å². The maximum absolute atomic E-state index is 9.10. The number of aliphatic carboxylic acids is 4. The number of piperazine rings is 1. The normalized spacial score (nSPS) is 13.7. The highest BCUT2D eigenvalue weighted by Crippen LogP contribution is 2.16. The van der Waals surface area contributed by atoms with E-state index in [1.54, 1.807) is 0 Å². The largest absolute Gasteiger partial charge is 0.473 e. The van der Waals surface area contributed by atoms with Crippen LogP contribution in [0.1, 0.15) is 12.7 Å². The Morgan fingerprint density at radius 1 is 0.917 bits per heavy atom. The maximum atomic E-state index is 9.10. The van der Waals surface area contributed by atoms with Crippen LogP contribution in [0.2, 0.25) is 0 Å². The van der Waals surface area contributed by atoms with E-state index in [1.165, 1.54) is 0 Å². The molecule has 0 bridgehead atoms. The molecule has 0 atom stereocenters. The highest BCUT2D eigenvalue weighted by atomic mass is 16.5. The maximum Gasteiger partial charge on any atom is 0.414 e. The van der Waals surface area contributed by atoms with Crippen molar-refractivity contribution >= 4 is 35.0 Å². The molecule has 0 aliphatic carbocycles. The van der Waals surface area contributed by atoms with E-state index in [1.807, 2.05) is 25.3 Å². The average Bonchev–Trinajstić information content (AvgIpc) is 3.18. The molecule has 1 aliphatic heterocycles. The summed E-state index contributed by atoms with van der Waals surface area (Å²) < 4.78 is 7.71. The van der Waals surface area contributed by atoms with Gasteiger partial charge in [-0.1, -0.05) is 0 Å². The summed E-state index contributed by atoms with van der Waals surface area (Å²) in [6.07, 6.45) is 1.82. The Labute approximate surface area is 206 Å². The molecule has 3 heterocycles. The number of pyridine rings is 1. The topological polar surface area (TPSA) is 216 Å². The van der Waals surface area contributed by atoms with Crippen molar-refractivity contribution in [3.8, 4) is 0 Å². The number of nitrogens with zero attached hydrogens (tertiary/aromatic N) is 5. The summed E-state index contributed by atoms with van der Waals surface area (Å²) in [6.45, 7) is 10.0. The zero-order valence-corrected chi connectivity index (χ0v) is 19.8. The van der Waals surface area contributed by atoms with Crippen LogP contribution in [0.15, 0.2) is 18.3 Å². The van der Waals surface area contributed by atoms with Crippen LogP contribution in [-0.2, 0) is 37.0 Å². The zero-order valence-electron chi connectivity index (χ0n) is 19.8. The van der Waals surface area contributed by atoms with Crippen LogP contribution in [-0.4, -0.2) is 126 Å². The van der Waals surface area contributed by atoms with Gasteiger partial charge in [-0.05, 0) is 19.1 Å². The molecule has 0 radical (unpaired) electrons. The number of carboxylic acid groups (broad SMARTS) is 4. The molecule has 0 saturated carbocycles. The van der Waals surface area contributed by atoms with Crippen LogP contribution >= 0.6 is 0 Å². The number of imidazole rings is 1. The Bertz CT molecular complexity index is 956. The Kier molecular flexibility index (Phi) is 13.6. The molecule has 0 amide bonds. The van der Waals surface area contributed by atoms with E-state index >= 15 is 0 Å². The monoisotopic (exact) mass is 513 g/mol. The number of hydrogen-bond donors (Lipinski definition) is 5. The second-order valence-corrected chi connectivity index (χ2v) is 7.28. The Hall–Kier alpha value is -3.66. The molecule has 1 aliphatic rings. The fraction of sp³-hybridized carbons (Fsp3) is 0.524. The fourth-order valence-electron chi connectivity index (χ4n) is 3.17. The average molecular weight is 514 g/mol. The number of rotatable bonds is 8. The minimum atomic E-state index is -1.82. The molecule has 0 spiro atoms. The number of aliphatic hydroxyl groups is 1. The molecule has 5 N–H and O–H groups in total. The van der Waals surface area contributed by atoms with Gasteiger partial charge in [0.05, 0.1) is 19.8 Å². The minimum absolute atomic E-state index is 0.235. The van der Waals surface area contributed by atoms with E-state index in [2.05, 4.69) is 19.4 Å². The van der Waals surface area contributed by atoms with Crippen LogP contribution in [0, 0.1) is 0 Å². The first-order chi connectivity index (χ1) is 17.1. The lowest BCUT2D eigenvalue weighted by atomic mass is 10.3. The number of fused-ring (bicyclic) bond motifs is 1. The van der Waals surface area contributed by atoms with Crippen LogP contribution in [0.25, 0.3) is 11.2 Å². The van der Waals surface area contributed by atoms with Gasteiger partial charge in [-0.3, -0.25) is 9.80 Å². The number of aliphatic hydroxyl groups excluding tert-OH is 1. The van der Waals surface area contributed by atoms with Crippen LogP contribution < -0.4 is 0 Å². The highest BCUT2D eigenvalue weighted by molar-refractivity contribution is 6.27. The Balaban J connectivity index is 0.000000450. The summed E-state index contributed by atoms with van der Waals surface area (Å²) in [5, 5.41) is 38.6. The molecule has 1 saturated heterocycles. The molecule has 15 nitrogen and oxygen atoms in total. The summed E-state index contributed by atoms with van der Waals surface area (Å²) in [5.41, 5.74) is 1.88. The minimum Gasteiger partial charge on any atom is -0.473 e. The van der Waals surface area contributed by atoms with Crippen molar-refractivity contribution in [3.63, 3.8) is 0 Å². The number of β-amino-alcohol motifs (C(OH)–C–C–N with tert-alkyl or cyclic N) is 1. The van der Waals surface area contributed by atoms with Gasteiger partial charge < -0.3 is 34.8 Å². The van der Waals surface area contributed by atoms with Gasteiger partial charge in [0.25, 0.3) is 0 Å². The number of carbonyl (C=O) groups is 4. The highest BCUT2D eigenvalue weighted by Gasteiger charge is 2.19. The van der Waals surface area contributed by atoms with Gasteiger partial charge >= 0.3 is 23.9 Å². The van der Waals surface area contributed by atoms with Crippen molar-refractivity contribution in [2.45, 2.75) is 20.0 Å². The van der Waals surface area contributed by atoms with Gasteiger partial charge in [-0.2, -0.15) is 0 Å². The first-order valence-corrected chi connectivity index (χ1v) is 11.0. The van der Waals surface area contributed by atoms with E-state index < -0.39 is 23.9 Å². The van der Waals surface area contributed by atoms with Crippen molar-refractivity contribution in [3.05, 3.63) is 24.2 Å². The molecule has 2 aromatic heterocycles. The number of ether oxygens (including phenoxy) is 1. The molecule has 0 aromatic carbocycles. The SMILES string of the molecule is CCOCCn1c(CN2CCN(CCO)CC2)nc2cccnc21.O=C(O)C(=O)O.O=C(O)C(=O)O. The summed E-state index contributed by atoms with van der Waals surface area (Å²) >= 11 is 0. The predicted octanol–water partition coefficient (Wildman–Crippen LogP) is -1.11. The summed E-state index contributed by atoms with van der Waals surface area (Å²) in [6, 6.07) is 3.95. The lowest BCUT2D eigenvalue weighted by molar-refractivity contribution is -0.159. The summed E-state index contributed by atoms with van der Waals surface area (Å²) in [7, 11) is 0. The second kappa shape index (κ2) is 16.1. The second-order valence-electron chi connectivity index (χ2n) is 7.28. The predicted molar refractivity (Wildman–Crippen MR) is 123 cm³/mol. The number of carboxylic acids is 4. The molecule has 0 unspecified atom stereocenters. The molecule has 3 rings (SSSR count). The molecule has 200 valence electrons. The van der Waals surface area contributed by atoms with Crippen LogP contribution in [0.5, 0.6) is 0 Å². The molecule has 15 heteroatoms. The molecule has 1 fully saturated rings. The van der Waals surface area contributed by atoms with Crippen molar-refractivity contribution in [2.24, 2.45) is 0 Å². The van der Waals surface area contributed by atoms with Gasteiger partial charge in [0, 0.05) is 52.1 Å². The van der Waals surface area contributed by atoms with Gasteiger partial charge in [-0.25, -0.2) is 29.1 Å². The van der Waals surface area contributed by atoms with Crippen LogP contribution in [0.3, 0.4) is 0 Å². The van der Waals surface area contributed by atoms with E-state index in [-0.39, 0.29) is 6.61 Å². The van der Waals surface area contributed by atoms with Gasteiger partial charge in [-0.15, -0.1) is 0 Å². The summed E-state index contributed by atoms with van der Waals surface area (Å²) in [4.78, 5) is 50.4. The zero-order chi connectivity index (χ0) is 27.1. The smallest absolute Gasteiger partial charge is 0.414 e. The number of hydrogen-bond acceptors (Lipinski definition) is 10. The van der Waals surface area contributed by atoms with E-state index in [0.717, 1.165) is 69.4 Å². The lowest BCUT2D eigenvalue weighted by Crippen LogP contribution is -2.46. The van der Waals surface area contributed by atoms with Crippen molar-refractivity contribution < 1.29 is 49.4 Å². The van der Waals surface area contributed by atoms with E-state index in [9.17, 15) is 0 Å². The number of aromatic nitrogens is 3. The van der Waals surface area contributed by atoms with Crippen molar-refractivity contribution in [2.75, 3.05) is 52.5 Å². The Morgan fingerprint density at radius 2 is 1.47 bits per heavy atom. The first kappa shape index (κ1) is 30.4. The quantitative estimate of drug-likeness (QED) is 0.209.